The van der Waals surface area contributed by atoms with Crippen LogP contribution in [0.2, 0.25) is 10.0 Å². The van der Waals surface area contributed by atoms with Crippen LogP contribution in [0.1, 0.15) is 27.8 Å². The summed E-state index contributed by atoms with van der Waals surface area (Å²) in [5.74, 6) is 9.68. The predicted molar refractivity (Wildman–Crippen MR) is 227 cm³/mol. The molecular formula is C45H28Cl2F2N4O4S. The molecule has 0 atom stereocenters. The zero-order valence-corrected chi connectivity index (χ0v) is 33.1. The van der Waals surface area contributed by atoms with E-state index in [9.17, 15) is 28.0 Å². The number of halogens is 4. The van der Waals surface area contributed by atoms with Gasteiger partial charge in [-0.15, -0.1) is 11.3 Å². The summed E-state index contributed by atoms with van der Waals surface area (Å²) in [5, 5.41) is 2.16. The van der Waals surface area contributed by atoms with E-state index in [1.165, 1.54) is 35.1 Å². The number of hydrogen-bond acceptors (Lipinski definition) is 5. The Bertz CT molecular complexity index is 3310. The summed E-state index contributed by atoms with van der Waals surface area (Å²) < 4.78 is 32.6. The fourth-order valence-electron chi connectivity index (χ4n) is 6.22. The molecular weight excluding hydrogens is 801 g/mol. The van der Waals surface area contributed by atoms with E-state index in [1.54, 1.807) is 31.3 Å². The molecule has 286 valence electrons. The van der Waals surface area contributed by atoms with Gasteiger partial charge in [0.15, 0.2) is 11.6 Å². The number of thiophene rings is 1. The van der Waals surface area contributed by atoms with Crippen LogP contribution in [0.25, 0.3) is 32.5 Å². The van der Waals surface area contributed by atoms with Crippen molar-refractivity contribution in [1.82, 2.24) is 18.3 Å². The Morgan fingerprint density at radius 2 is 1.03 bits per heavy atom. The minimum absolute atomic E-state index is 0.121. The quantitative estimate of drug-likeness (QED) is 0.165. The summed E-state index contributed by atoms with van der Waals surface area (Å²) in [4.78, 5) is 51.4. The topological polar surface area (TPSA) is 88.0 Å². The van der Waals surface area contributed by atoms with Crippen molar-refractivity contribution >= 4 is 55.7 Å². The van der Waals surface area contributed by atoms with Gasteiger partial charge < -0.3 is 0 Å². The van der Waals surface area contributed by atoms with Gasteiger partial charge in [0.2, 0.25) is 0 Å². The molecule has 0 amide bonds. The molecule has 3 heterocycles. The number of aryl methyl sites for hydroxylation is 3. The van der Waals surface area contributed by atoms with Gasteiger partial charge in [-0.2, -0.15) is 0 Å². The third kappa shape index (κ3) is 7.54. The molecule has 0 radical (unpaired) electrons. The average molecular weight is 830 g/mol. The average Bonchev–Trinajstić information content (AvgIpc) is 3.62. The van der Waals surface area contributed by atoms with Gasteiger partial charge in [-0.05, 0) is 90.7 Å². The number of nitrogens with zero attached hydrogens (tertiary/aromatic N) is 4. The Hall–Kier alpha value is -6.76. The maximum absolute atomic E-state index is 14.2. The van der Waals surface area contributed by atoms with Crippen LogP contribution < -0.4 is 22.5 Å². The molecule has 0 unspecified atom stereocenters. The van der Waals surface area contributed by atoms with E-state index in [2.05, 4.69) is 23.7 Å². The summed E-state index contributed by atoms with van der Waals surface area (Å²) in [6, 6.07) is 30.7. The second kappa shape index (κ2) is 16.4. The largest absolute Gasteiger partial charge is 0.336 e. The Morgan fingerprint density at radius 1 is 0.569 bits per heavy atom. The molecule has 0 aliphatic carbocycles. The molecule has 0 aliphatic heterocycles. The highest BCUT2D eigenvalue weighted by Crippen LogP contribution is 2.25. The van der Waals surface area contributed by atoms with Crippen molar-refractivity contribution in [3.05, 3.63) is 206 Å². The predicted octanol–water partition coefficient (Wildman–Crippen LogP) is 8.13. The number of benzene rings is 5. The first-order valence-corrected chi connectivity index (χ1v) is 19.0. The SMILES string of the molecule is Cc1csc2c(=O)n(-c3ccc(C#Cc4ccccc4)cc3Cl)c(=O)n(C)c12.Cn1c(=O)n(-c2ccc(C#Cc3ccccc3)cc2Cl)c(=O)c2ccc(F)c(F)c21. The van der Waals surface area contributed by atoms with Crippen molar-refractivity contribution in [3.63, 3.8) is 0 Å². The van der Waals surface area contributed by atoms with E-state index in [1.807, 2.05) is 73.0 Å². The van der Waals surface area contributed by atoms with Gasteiger partial charge in [0.1, 0.15) is 4.70 Å². The molecule has 3 aromatic heterocycles. The van der Waals surface area contributed by atoms with Gasteiger partial charge in [0.25, 0.3) is 11.1 Å². The molecule has 0 aliphatic rings. The van der Waals surface area contributed by atoms with Crippen molar-refractivity contribution in [2.45, 2.75) is 6.92 Å². The van der Waals surface area contributed by atoms with Gasteiger partial charge >= 0.3 is 11.4 Å². The number of hydrogen-bond donors (Lipinski definition) is 0. The summed E-state index contributed by atoms with van der Waals surface area (Å²) in [6.45, 7) is 1.88. The fraction of sp³-hybridized carbons (Fsp3) is 0.0667. The van der Waals surface area contributed by atoms with Gasteiger partial charge in [0.05, 0.1) is 37.8 Å². The lowest BCUT2D eigenvalue weighted by Crippen LogP contribution is -2.38. The first-order chi connectivity index (χ1) is 27.8. The summed E-state index contributed by atoms with van der Waals surface area (Å²) in [7, 11) is 2.92. The van der Waals surface area contributed by atoms with Crippen molar-refractivity contribution in [2.24, 2.45) is 14.1 Å². The third-order valence-electron chi connectivity index (χ3n) is 9.10. The molecule has 5 aromatic carbocycles. The minimum Gasteiger partial charge on any atom is -0.295 e. The number of fused-ring (bicyclic) bond motifs is 2. The summed E-state index contributed by atoms with van der Waals surface area (Å²) >= 11 is 14.1. The monoisotopic (exact) mass is 828 g/mol. The molecule has 8 rings (SSSR count). The number of rotatable bonds is 2. The Balaban J connectivity index is 0.000000177. The zero-order valence-electron chi connectivity index (χ0n) is 30.8. The molecule has 13 heteroatoms. The molecule has 0 fully saturated rings. The van der Waals surface area contributed by atoms with E-state index in [0.717, 1.165) is 42.5 Å². The lowest BCUT2D eigenvalue weighted by atomic mass is 10.1. The molecule has 8 aromatic rings. The van der Waals surface area contributed by atoms with Crippen LogP contribution in [0.15, 0.2) is 134 Å². The standard InChI is InChI=1S/C23H13ClF2N2O2.C22H15ClN2O2S/c1-27-21-16(10-11-18(25)20(21)26)22(29)28(23(27)30)19-12-9-15(13-17(19)24)8-7-14-5-3-2-4-6-14;1-14-13-28-20-19(14)24(2)22(27)25(21(20)26)18-11-10-16(12-17(18)23)9-8-15-6-4-3-5-7-15/h2-6,9-13H,1H3;3-7,10-13H,1-2H3. The zero-order chi connectivity index (χ0) is 41.2. The van der Waals surface area contributed by atoms with Crippen LogP contribution in [0.4, 0.5) is 8.78 Å². The molecule has 0 N–H and O–H groups in total. The first-order valence-electron chi connectivity index (χ1n) is 17.4. The van der Waals surface area contributed by atoms with E-state index in [-0.39, 0.29) is 21.7 Å². The van der Waals surface area contributed by atoms with Crippen molar-refractivity contribution in [2.75, 3.05) is 0 Å². The maximum Gasteiger partial charge on any atom is 0.336 e. The molecule has 0 saturated heterocycles. The van der Waals surface area contributed by atoms with Crippen molar-refractivity contribution < 1.29 is 8.78 Å². The molecule has 0 bridgehead atoms. The van der Waals surface area contributed by atoms with Crippen LogP contribution >= 0.6 is 34.5 Å². The molecule has 58 heavy (non-hydrogen) atoms. The summed E-state index contributed by atoms with van der Waals surface area (Å²) in [6.07, 6.45) is 0. The van der Waals surface area contributed by atoms with Crippen LogP contribution in [-0.4, -0.2) is 18.3 Å². The second-order valence-corrected chi connectivity index (χ2v) is 14.6. The van der Waals surface area contributed by atoms with Gasteiger partial charge in [0, 0.05) is 36.3 Å². The summed E-state index contributed by atoms with van der Waals surface area (Å²) in [5.41, 5.74) is 2.23. The Kier molecular flexibility index (Phi) is 11.1. The lowest BCUT2D eigenvalue weighted by molar-refractivity contribution is 0.511. The van der Waals surface area contributed by atoms with Crippen LogP contribution in [0.5, 0.6) is 0 Å². The van der Waals surface area contributed by atoms with E-state index < -0.39 is 34.1 Å². The highest BCUT2D eigenvalue weighted by Gasteiger charge is 2.20. The molecule has 0 spiro atoms. The van der Waals surface area contributed by atoms with Gasteiger partial charge in [-0.25, -0.2) is 27.5 Å². The highest BCUT2D eigenvalue weighted by atomic mass is 35.5. The fourth-order valence-corrected chi connectivity index (χ4v) is 7.76. The minimum atomic E-state index is -1.26. The van der Waals surface area contributed by atoms with Crippen molar-refractivity contribution in [3.8, 4) is 35.1 Å². The van der Waals surface area contributed by atoms with Gasteiger partial charge in [-0.1, -0.05) is 83.3 Å². The Morgan fingerprint density at radius 3 is 1.53 bits per heavy atom. The van der Waals surface area contributed by atoms with E-state index >= 15 is 0 Å². The molecule has 8 nitrogen and oxygen atoms in total. The first kappa shape index (κ1) is 39.5. The normalized spacial score (nSPS) is 10.7. The van der Waals surface area contributed by atoms with E-state index in [4.69, 9.17) is 23.2 Å². The van der Waals surface area contributed by atoms with Crippen molar-refractivity contribution in [1.29, 1.82) is 0 Å². The second-order valence-electron chi connectivity index (χ2n) is 12.9. The van der Waals surface area contributed by atoms with E-state index in [0.29, 0.717) is 32.1 Å². The Labute approximate surface area is 343 Å². The van der Waals surface area contributed by atoms with Crippen LogP contribution in [0, 0.1) is 42.2 Å². The van der Waals surface area contributed by atoms with Crippen LogP contribution in [-0.2, 0) is 14.1 Å². The highest BCUT2D eigenvalue weighted by molar-refractivity contribution is 7.17. The number of aromatic nitrogens is 4. The molecule has 0 saturated carbocycles. The van der Waals surface area contributed by atoms with Gasteiger partial charge in [-0.3, -0.25) is 18.7 Å². The van der Waals surface area contributed by atoms with Crippen LogP contribution in [0.3, 0.4) is 0 Å². The maximum atomic E-state index is 14.2. The smallest absolute Gasteiger partial charge is 0.295 e. The lowest BCUT2D eigenvalue weighted by Gasteiger charge is -2.12. The third-order valence-corrected chi connectivity index (χ3v) is 10.8.